The SMILES string of the molecule is C#CCOc1ccc(NC)c(C2=C/C(=C/CC)c3ccccc3O2)c1. The van der Waals surface area contributed by atoms with Gasteiger partial charge in [-0.3, -0.25) is 0 Å². The summed E-state index contributed by atoms with van der Waals surface area (Å²) < 4.78 is 11.7. The van der Waals surface area contributed by atoms with E-state index in [0.29, 0.717) is 0 Å². The van der Waals surface area contributed by atoms with Crippen LogP contribution in [0.15, 0.2) is 54.6 Å². The van der Waals surface area contributed by atoms with E-state index >= 15 is 0 Å². The second kappa shape index (κ2) is 7.63. The van der Waals surface area contributed by atoms with Crippen LogP contribution < -0.4 is 14.8 Å². The molecule has 3 nitrogen and oxygen atoms in total. The van der Waals surface area contributed by atoms with Crippen LogP contribution in [-0.2, 0) is 0 Å². The number of anilines is 1. The molecule has 0 spiro atoms. The standard InChI is InChI=1S/C22H21NO2/c1-4-8-16-14-22(25-21-10-7-6-9-18(16)21)19-15-17(24-13-5-2)11-12-20(19)23-3/h2,6-12,14-15,23H,4,13H2,1,3H3/b16-8-. The summed E-state index contributed by atoms with van der Waals surface area (Å²) in [5.41, 5.74) is 4.18. The fraction of sp³-hybridized carbons (Fsp3) is 0.182. The van der Waals surface area contributed by atoms with Crippen molar-refractivity contribution in [1.29, 1.82) is 0 Å². The Balaban J connectivity index is 2.06. The molecule has 1 aliphatic heterocycles. The minimum atomic E-state index is 0.238. The maximum Gasteiger partial charge on any atom is 0.148 e. The van der Waals surface area contributed by atoms with Gasteiger partial charge in [0, 0.05) is 23.9 Å². The first-order chi connectivity index (χ1) is 12.3. The van der Waals surface area contributed by atoms with Gasteiger partial charge >= 0.3 is 0 Å². The molecule has 0 unspecified atom stereocenters. The second-order valence-corrected chi connectivity index (χ2v) is 5.62. The van der Waals surface area contributed by atoms with Crippen LogP contribution >= 0.6 is 0 Å². The van der Waals surface area contributed by atoms with E-state index in [1.807, 2.05) is 43.4 Å². The minimum Gasteiger partial charge on any atom is -0.481 e. The predicted octanol–water partition coefficient (Wildman–Crippen LogP) is 4.97. The maximum atomic E-state index is 6.18. The highest BCUT2D eigenvalue weighted by Crippen LogP contribution is 2.39. The lowest BCUT2D eigenvalue weighted by molar-refractivity contribution is 0.370. The average molecular weight is 331 g/mol. The Morgan fingerprint density at radius 1 is 1.20 bits per heavy atom. The Hall–Kier alpha value is -3.12. The zero-order valence-electron chi connectivity index (χ0n) is 14.5. The van der Waals surface area contributed by atoms with Crippen LogP contribution in [0, 0.1) is 12.3 Å². The fourth-order valence-electron chi connectivity index (χ4n) is 2.84. The maximum absolute atomic E-state index is 6.18. The predicted molar refractivity (Wildman–Crippen MR) is 104 cm³/mol. The van der Waals surface area contributed by atoms with Crippen molar-refractivity contribution >= 4 is 17.0 Å². The van der Waals surface area contributed by atoms with Gasteiger partial charge in [0.1, 0.15) is 23.9 Å². The number of benzene rings is 2. The molecule has 0 saturated heterocycles. The number of hydrogen-bond acceptors (Lipinski definition) is 3. The molecular weight excluding hydrogens is 310 g/mol. The Bertz CT molecular complexity index is 872. The van der Waals surface area contributed by atoms with Gasteiger partial charge in [-0.05, 0) is 42.3 Å². The van der Waals surface area contributed by atoms with Gasteiger partial charge in [-0.1, -0.05) is 37.1 Å². The van der Waals surface area contributed by atoms with Crippen molar-refractivity contribution in [3.05, 3.63) is 65.7 Å². The fourth-order valence-corrected chi connectivity index (χ4v) is 2.84. The van der Waals surface area contributed by atoms with E-state index in [9.17, 15) is 0 Å². The monoisotopic (exact) mass is 331 g/mol. The Kier molecular flexibility index (Phi) is 5.11. The first-order valence-electron chi connectivity index (χ1n) is 8.34. The highest BCUT2D eigenvalue weighted by molar-refractivity contribution is 5.90. The summed E-state index contributed by atoms with van der Waals surface area (Å²) in [5.74, 6) is 4.85. The van der Waals surface area contributed by atoms with Gasteiger partial charge < -0.3 is 14.8 Å². The lowest BCUT2D eigenvalue weighted by Gasteiger charge is -2.22. The van der Waals surface area contributed by atoms with Gasteiger partial charge in [0.15, 0.2) is 0 Å². The molecular formula is C22H21NO2. The third kappa shape index (κ3) is 3.54. The van der Waals surface area contributed by atoms with E-state index in [2.05, 4.69) is 36.4 Å². The second-order valence-electron chi connectivity index (χ2n) is 5.62. The minimum absolute atomic E-state index is 0.238. The summed E-state index contributed by atoms with van der Waals surface area (Å²) >= 11 is 0. The van der Waals surface area contributed by atoms with Crippen molar-refractivity contribution in [1.82, 2.24) is 0 Å². The molecule has 0 fully saturated rings. The number of terminal acetylenes is 1. The van der Waals surface area contributed by atoms with Crippen molar-refractivity contribution in [3.63, 3.8) is 0 Å². The van der Waals surface area contributed by atoms with Crippen molar-refractivity contribution in [2.24, 2.45) is 0 Å². The molecule has 0 saturated carbocycles. The molecule has 3 rings (SSSR count). The quantitative estimate of drug-likeness (QED) is 0.785. The number of ether oxygens (including phenoxy) is 2. The van der Waals surface area contributed by atoms with E-state index in [1.165, 1.54) is 0 Å². The van der Waals surface area contributed by atoms with E-state index in [1.54, 1.807) is 0 Å². The van der Waals surface area contributed by atoms with Gasteiger partial charge in [-0.25, -0.2) is 0 Å². The van der Waals surface area contributed by atoms with Gasteiger partial charge in [0.2, 0.25) is 0 Å². The molecule has 1 heterocycles. The highest BCUT2D eigenvalue weighted by Gasteiger charge is 2.19. The summed E-state index contributed by atoms with van der Waals surface area (Å²) in [6.07, 6.45) is 10.5. The number of allylic oxidation sites excluding steroid dienone is 3. The summed E-state index contributed by atoms with van der Waals surface area (Å²) in [4.78, 5) is 0. The molecule has 3 heteroatoms. The van der Waals surface area contributed by atoms with Crippen LogP contribution in [0.3, 0.4) is 0 Å². The van der Waals surface area contributed by atoms with E-state index in [0.717, 1.165) is 46.1 Å². The van der Waals surface area contributed by atoms with Gasteiger partial charge in [0.25, 0.3) is 0 Å². The first kappa shape index (κ1) is 16.7. The van der Waals surface area contributed by atoms with E-state index in [4.69, 9.17) is 15.9 Å². The average Bonchev–Trinajstić information content (AvgIpc) is 2.66. The molecule has 2 aromatic rings. The molecule has 0 aliphatic carbocycles. The lowest BCUT2D eigenvalue weighted by atomic mass is 9.98. The molecule has 25 heavy (non-hydrogen) atoms. The lowest BCUT2D eigenvalue weighted by Crippen LogP contribution is -2.06. The topological polar surface area (TPSA) is 30.5 Å². The molecule has 126 valence electrons. The van der Waals surface area contributed by atoms with Crippen molar-refractivity contribution in [2.45, 2.75) is 13.3 Å². The largest absolute Gasteiger partial charge is 0.481 e. The Labute approximate surface area is 149 Å². The zero-order valence-corrected chi connectivity index (χ0v) is 14.5. The molecule has 1 N–H and O–H groups in total. The van der Waals surface area contributed by atoms with E-state index < -0.39 is 0 Å². The third-order valence-electron chi connectivity index (χ3n) is 3.98. The van der Waals surface area contributed by atoms with E-state index in [-0.39, 0.29) is 6.61 Å². The number of para-hydroxylation sites is 1. The Morgan fingerprint density at radius 2 is 2.04 bits per heavy atom. The first-order valence-corrected chi connectivity index (χ1v) is 8.34. The van der Waals surface area contributed by atoms with Gasteiger partial charge in [-0.2, -0.15) is 0 Å². The number of hydrogen-bond donors (Lipinski definition) is 1. The molecule has 0 amide bonds. The van der Waals surface area contributed by atoms with Crippen LogP contribution in [0.25, 0.3) is 11.3 Å². The number of rotatable bonds is 5. The molecule has 0 bridgehead atoms. The number of fused-ring (bicyclic) bond motifs is 1. The van der Waals surface area contributed by atoms with Gasteiger partial charge in [0.05, 0.1) is 0 Å². The van der Waals surface area contributed by atoms with Crippen LogP contribution in [0.2, 0.25) is 0 Å². The zero-order chi connectivity index (χ0) is 17.6. The van der Waals surface area contributed by atoms with Crippen molar-refractivity contribution < 1.29 is 9.47 Å². The van der Waals surface area contributed by atoms with Gasteiger partial charge in [-0.15, -0.1) is 6.42 Å². The molecule has 0 atom stereocenters. The summed E-state index contributed by atoms with van der Waals surface area (Å²) in [7, 11) is 1.89. The van der Waals surface area contributed by atoms with Crippen LogP contribution in [0.5, 0.6) is 11.5 Å². The normalized spacial score (nSPS) is 14.1. The molecule has 2 aromatic carbocycles. The van der Waals surface area contributed by atoms with Crippen LogP contribution in [0.4, 0.5) is 5.69 Å². The van der Waals surface area contributed by atoms with Crippen molar-refractivity contribution in [3.8, 4) is 23.8 Å². The van der Waals surface area contributed by atoms with Crippen molar-refractivity contribution in [2.75, 3.05) is 19.0 Å². The molecule has 0 aromatic heterocycles. The summed E-state index contributed by atoms with van der Waals surface area (Å²) in [6.45, 7) is 2.37. The summed E-state index contributed by atoms with van der Waals surface area (Å²) in [6, 6.07) is 13.9. The van der Waals surface area contributed by atoms with Crippen LogP contribution in [-0.4, -0.2) is 13.7 Å². The van der Waals surface area contributed by atoms with Crippen LogP contribution in [0.1, 0.15) is 24.5 Å². The third-order valence-corrected chi connectivity index (χ3v) is 3.98. The highest BCUT2D eigenvalue weighted by atomic mass is 16.5. The smallest absolute Gasteiger partial charge is 0.148 e. The molecule has 0 radical (unpaired) electrons. The Morgan fingerprint density at radius 3 is 2.80 bits per heavy atom. The molecule has 1 aliphatic rings. The summed E-state index contributed by atoms with van der Waals surface area (Å²) in [5, 5.41) is 3.21. The number of nitrogens with one attached hydrogen (secondary N) is 1.